The highest BCUT2D eigenvalue weighted by Gasteiger charge is 2.33. The average molecular weight is 403 g/mol. The fourth-order valence-electron chi connectivity index (χ4n) is 3.04. The fourth-order valence-corrected chi connectivity index (χ4v) is 3.37. The molecule has 0 aliphatic heterocycles. The van der Waals surface area contributed by atoms with Gasteiger partial charge in [-0.2, -0.15) is 0 Å². The number of aromatic nitrogens is 1. The quantitative estimate of drug-likeness (QED) is 0.709. The minimum absolute atomic E-state index is 0.232. The maximum atomic E-state index is 12.5. The van der Waals surface area contributed by atoms with Crippen LogP contribution in [0.3, 0.4) is 0 Å². The van der Waals surface area contributed by atoms with E-state index in [-0.39, 0.29) is 11.8 Å². The lowest BCUT2D eigenvalue weighted by atomic mass is 9.98. The van der Waals surface area contributed by atoms with Crippen LogP contribution in [-0.2, 0) is 11.3 Å². The number of benzene rings is 1. The molecule has 132 valence electrons. The molecule has 2 aromatic rings. The van der Waals surface area contributed by atoms with Gasteiger partial charge in [0.05, 0.1) is 7.11 Å². The van der Waals surface area contributed by atoms with Crippen molar-refractivity contribution in [2.24, 2.45) is 5.92 Å². The zero-order valence-corrected chi connectivity index (χ0v) is 16.5. The molecule has 5 heteroatoms. The third kappa shape index (κ3) is 4.03. The van der Waals surface area contributed by atoms with Crippen LogP contribution in [0, 0.1) is 12.8 Å². The van der Waals surface area contributed by atoms with Gasteiger partial charge in [-0.3, -0.25) is 4.79 Å². The van der Waals surface area contributed by atoms with E-state index in [0.29, 0.717) is 12.4 Å². The van der Waals surface area contributed by atoms with Crippen LogP contribution in [-0.4, -0.2) is 29.4 Å². The Morgan fingerprint density at radius 2 is 2.08 bits per heavy atom. The standard InChI is InChI=1S/C20H23BrN2O2/c1-4-23(20(24)14-6-7-14)12-15-9-13(2)5-8-17(15)18-10-16(21)11-22-19(18)25-3/h5,8-11,14H,4,6-7,12H2,1-3H3. The average Bonchev–Trinajstić information content (AvgIpc) is 3.44. The second kappa shape index (κ2) is 7.56. The first-order chi connectivity index (χ1) is 12.0. The number of methoxy groups -OCH3 is 1. The summed E-state index contributed by atoms with van der Waals surface area (Å²) in [6.07, 6.45) is 3.78. The number of hydrogen-bond donors (Lipinski definition) is 0. The van der Waals surface area contributed by atoms with E-state index in [9.17, 15) is 4.79 Å². The summed E-state index contributed by atoms with van der Waals surface area (Å²) >= 11 is 3.49. The molecule has 1 aromatic carbocycles. The molecule has 0 atom stereocenters. The molecule has 0 spiro atoms. The van der Waals surface area contributed by atoms with Crippen molar-refractivity contribution in [2.45, 2.75) is 33.2 Å². The van der Waals surface area contributed by atoms with Gasteiger partial charge < -0.3 is 9.64 Å². The summed E-state index contributed by atoms with van der Waals surface area (Å²) in [7, 11) is 1.63. The SMILES string of the molecule is CCN(Cc1cc(C)ccc1-c1cc(Br)cnc1OC)C(=O)C1CC1. The predicted octanol–water partition coefficient (Wildman–Crippen LogP) is 4.59. The van der Waals surface area contributed by atoms with Crippen molar-refractivity contribution in [3.63, 3.8) is 0 Å². The van der Waals surface area contributed by atoms with Gasteiger partial charge in [-0.05, 0) is 59.8 Å². The van der Waals surface area contributed by atoms with Crippen LogP contribution in [0.5, 0.6) is 5.88 Å². The van der Waals surface area contributed by atoms with Crippen molar-refractivity contribution in [1.82, 2.24) is 9.88 Å². The van der Waals surface area contributed by atoms with Crippen LogP contribution < -0.4 is 4.74 Å². The Morgan fingerprint density at radius 1 is 1.32 bits per heavy atom. The smallest absolute Gasteiger partial charge is 0.225 e. The molecule has 0 radical (unpaired) electrons. The second-order valence-corrected chi connectivity index (χ2v) is 7.41. The highest BCUT2D eigenvalue weighted by atomic mass is 79.9. The summed E-state index contributed by atoms with van der Waals surface area (Å²) in [5, 5.41) is 0. The maximum Gasteiger partial charge on any atom is 0.225 e. The first kappa shape index (κ1) is 17.9. The Hall–Kier alpha value is -1.88. The molecule has 1 saturated carbocycles. The lowest BCUT2D eigenvalue weighted by molar-refractivity contribution is -0.132. The number of amides is 1. The summed E-state index contributed by atoms with van der Waals surface area (Å²) in [5.41, 5.74) is 4.28. The number of nitrogens with zero attached hydrogens (tertiary/aromatic N) is 2. The summed E-state index contributed by atoms with van der Waals surface area (Å²) in [6, 6.07) is 8.34. The largest absolute Gasteiger partial charge is 0.481 e. The summed E-state index contributed by atoms with van der Waals surface area (Å²) < 4.78 is 6.35. The van der Waals surface area contributed by atoms with Crippen LogP contribution in [0.1, 0.15) is 30.9 Å². The Labute approximate surface area is 157 Å². The third-order valence-electron chi connectivity index (χ3n) is 4.54. The predicted molar refractivity (Wildman–Crippen MR) is 102 cm³/mol. The van der Waals surface area contributed by atoms with Gasteiger partial charge in [0.15, 0.2) is 0 Å². The van der Waals surface area contributed by atoms with Crippen molar-refractivity contribution >= 4 is 21.8 Å². The van der Waals surface area contributed by atoms with Crippen LogP contribution in [0.25, 0.3) is 11.1 Å². The van der Waals surface area contributed by atoms with Gasteiger partial charge >= 0.3 is 0 Å². The van der Waals surface area contributed by atoms with E-state index in [1.54, 1.807) is 13.3 Å². The minimum atomic E-state index is 0.232. The number of hydrogen-bond acceptors (Lipinski definition) is 3. The molecule has 0 unspecified atom stereocenters. The van der Waals surface area contributed by atoms with Gasteiger partial charge in [-0.25, -0.2) is 4.98 Å². The van der Waals surface area contributed by atoms with E-state index < -0.39 is 0 Å². The van der Waals surface area contributed by atoms with Crippen LogP contribution in [0.2, 0.25) is 0 Å². The molecule has 0 bridgehead atoms. The number of ether oxygens (including phenoxy) is 1. The zero-order valence-electron chi connectivity index (χ0n) is 14.9. The van der Waals surface area contributed by atoms with Crippen molar-refractivity contribution < 1.29 is 9.53 Å². The molecule has 4 nitrogen and oxygen atoms in total. The lowest BCUT2D eigenvalue weighted by Crippen LogP contribution is -2.31. The minimum Gasteiger partial charge on any atom is -0.481 e. The Bertz CT molecular complexity index is 787. The molecule has 1 aromatic heterocycles. The van der Waals surface area contributed by atoms with Gasteiger partial charge in [-0.1, -0.05) is 23.8 Å². The first-order valence-electron chi connectivity index (χ1n) is 8.61. The normalized spacial score (nSPS) is 13.6. The molecule has 25 heavy (non-hydrogen) atoms. The Balaban J connectivity index is 2.01. The van der Waals surface area contributed by atoms with Crippen molar-refractivity contribution in [2.75, 3.05) is 13.7 Å². The molecule has 0 N–H and O–H groups in total. The number of carbonyl (C=O) groups excluding carboxylic acids is 1. The van der Waals surface area contributed by atoms with E-state index in [4.69, 9.17) is 4.74 Å². The number of pyridine rings is 1. The molecule has 1 aliphatic carbocycles. The number of halogens is 1. The highest BCUT2D eigenvalue weighted by molar-refractivity contribution is 9.10. The second-order valence-electron chi connectivity index (χ2n) is 6.50. The van der Waals surface area contributed by atoms with Crippen LogP contribution in [0.15, 0.2) is 34.9 Å². The molecule has 1 heterocycles. The van der Waals surface area contributed by atoms with Gasteiger partial charge in [0.1, 0.15) is 0 Å². The number of aryl methyl sites for hydroxylation is 1. The van der Waals surface area contributed by atoms with Crippen molar-refractivity contribution in [3.05, 3.63) is 46.1 Å². The van der Waals surface area contributed by atoms with E-state index in [1.165, 1.54) is 5.56 Å². The molecule has 0 saturated heterocycles. The monoisotopic (exact) mass is 402 g/mol. The maximum absolute atomic E-state index is 12.5. The molecule has 1 amide bonds. The van der Waals surface area contributed by atoms with Gasteiger partial charge in [0, 0.05) is 35.2 Å². The molecule has 1 aliphatic rings. The summed E-state index contributed by atoms with van der Waals surface area (Å²) in [5.74, 6) is 1.09. The first-order valence-corrected chi connectivity index (χ1v) is 9.41. The zero-order chi connectivity index (χ0) is 18.0. The van der Waals surface area contributed by atoms with E-state index in [0.717, 1.165) is 40.5 Å². The fraction of sp³-hybridized carbons (Fsp3) is 0.400. The van der Waals surface area contributed by atoms with E-state index in [2.05, 4.69) is 46.0 Å². The van der Waals surface area contributed by atoms with E-state index >= 15 is 0 Å². The lowest BCUT2D eigenvalue weighted by Gasteiger charge is -2.23. The molecule has 3 rings (SSSR count). The van der Waals surface area contributed by atoms with Crippen LogP contribution >= 0.6 is 15.9 Å². The summed E-state index contributed by atoms with van der Waals surface area (Å²) in [4.78, 5) is 18.8. The third-order valence-corrected chi connectivity index (χ3v) is 4.98. The van der Waals surface area contributed by atoms with Gasteiger partial charge in [0.2, 0.25) is 11.8 Å². The van der Waals surface area contributed by atoms with Gasteiger partial charge in [0.25, 0.3) is 0 Å². The summed E-state index contributed by atoms with van der Waals surface area (Å²) in [6.45, 7) is 5.44. The van der Waals surface area contributed by atoms with Gasteiger partial charge in [-0.15, -0.1) is 0 Å². The Kier molecular flexibility index (Phi) is 5.42. The Morgan fingerprint density at radius 3 is 2.72 bits per heavy atom. The van der Waals surface area contributed by atoms with Crippen molar-refractivity contribution in [1.29, 1.82) is 0 Å². The number of carbonyl (C=O) groups is 1. The molecule has 1 fully saturated rings. The van der Waals surface area contributed by atoms with E-state index in [1.807, 2.05) is 17.9 Å². The van der Waals surface area contributed by atoms with Crippen molar-refractivity contribution in [3.8, 4) is 17.0 Å². The molecular weight excluding hydrogens is 380 g/mol. The highest BCUT2D eigenvalue weighted by Crippen LogP contribution is 2.35. The number of rotatable bonds is 6. The topological polar surface area (TPSA) is 42.4 Å². The van der Waals surface area contributed by atoms with Crippen LogP contribution in [0.4, 0.5) is 0 Å². The molecular formula is C20H23BrN2O2.